The maximum Gasteiger partial charge on any atom is 0.269 e. The Morgan fingerprint density at radius 1 is 1.12 bits per heavy atom. The zero-order valence-electron chi connectivity index (χ0n) is 18.2. The Kier molecular flexibility index (Phi) is 6.30. The zero-order chi connectivity index (χ0) is 23.5. The average Bonchev–Trinajstić information content (AvgIpc) is 3.06. The summed E-state index contributed by atoms with van der Waals surface area (Å²) in [5.74, 6) is -2.32. The van der Waals surface area contributed by atoms with Crippen molar-refractivity contribution in [2.24, 2.45) is 0 Å². The summed E-state index contributed by atoms with van der Waals surface area (Å²) in [6.07, 6.45) is 2.19. The van der Waals surface area contributed by atoms with E-state index in [0.29, 0.717) is 25.1 Å². The smallest absolute Gasteiger partial charge is 0.269 e. The molecule has 0 radical (unpaired) electrons. The fourth-order valence-corrected chi connectivity index (χ4v) is 4.06. The van der Waals surface area contributed by atoms with Crippen LogP contribution in [0.25, 0.3) is 0 Å². The first-order valence-electron chi connectivity index (χ1n) is 11.0. The number of aromatic nitrogens is 1. The van der Waals surface area contributed by atoms with Crippen molar-refractivity contribution >= 4 is 29.5 Å². The number of rotatable bonds is 7. The molecule has 9 heteroatoms. The van der Waals surface area contributed by atoms with E-state index < -0.39 is 29.7 Å². The van der Waals surface area contributed by atoms with Crippen LogP contribution in [0.4, 0.5) is 0 Å². The van der Waals surface area contributed by atoms with Crippen LogP contribution in [0.1, 0.15) is 68.6 Å². The van der Waals surface area contributed by atoms with Crippen LogP contribution in [-0.4, -0.2) is 52.0 Å². The van der Waals surface area contributed by atoms with Crippen molar-refractivity contribution in [3.8, 4) is 0 Å². The van der Waals surface area contributed by atoms with Gasteiger partial charge >= 0.3 is 0 Å². The molecular formula is C24H24N4O5. The molecule has 1 aromatic carbocycles. The van der Waals surface area contributed by atoms with Gasteiger partial charge in [0.05, 0.1) is 11.1 Å². The first-order chi connectivity index (χ1) is 15.9. The molecule has 1 unspecified atom stereocenters. The second-order valence-electron chi connectivity index (χ2n) is 8.05. The summed E-state index contributed by atoms with van der Waals surface area (Å²) in [5.41, 5.74) is 2.59. The molecule has 0 aliphatic carbocycles. The van der Waals surface area contributed by atoms with Gasteiger partial charge in [-0.2, -0.15) is 0 Å². The molecule has 5 amide bonds. The lowest BCUT2D eigenvalue weighted by Crippen LogP contribution is -2.54. The van der Waals surface area contributed by atoms with Crippen molar-refractivity contribution in [3.05, 3.63) is 64.5 Å². The molecule has 4 rings (SSSR count). The lowest BCUT2D eigenvalue weighted by atomic mass is 10.0. The molecule has 1 aromatic heterocycles. The number of carbonyl (C=O) groups is 5. The maximum absolute atomic E-state index is 12.9. The van der Waals surface area contributed by atoms with Crippen molar-refractivity contribution < 1.29 is 24.0 Å². The van der Waals surface area contributed by atoms with Gasteiger partial charge in [-0.1, -0.05) is 19.1 Å². The standard InChI is InChI=1S/C24H24N4O5/c1-2-15-6-3-7-18(26-15)21(30)25-12-4-5-14-8-9-16-17(13-14)24(33)28(23(16)32)19-10-11-20(29)27-22(19)31/h3,6-9,13,19H,2,4-5,10-12H2,1H3,(H,25,30)(H,27,29,31). The van der Waals surface area contributed by atoms with E-state index in [-0.39, 0.29) is 29.9 Å². The highest BCUT2D eigenvalue weighted by Gasteiger charge is 2.44. The van der Waals surface area contributed by atoms with Crippen molar-refractivity contribution in [1.29, 1.82) is 0 Å². The van der Waals surface area contributed by atoms with Crippen LogP contribution < -0.4 is 10.6 Å². The number of pyridine rings is 1. The number of carbonyl (C=O) groups excluding carboxylic acids is 5. The van der Waals surface area contributed by atoms with Gasteiger partial charge in [-0.25, -0.2) is 4.98 Å². The number of aryl methyl sites for hydroxylation is 2. The van der Waals surface area contributed by atoms with E-state index in [2.05, 4.69) is 15.6 Å². The Morgan fingerprint density at radius 2 is 1.91 bits per heavy atom. The lowest BCUT2D eigenvalue weighted by Gasteiger charge is -2.27. The first kappa shape index (κ1) is 22.3. The van der Waals surface area contributed by atoms with Gasteiger partial charge in [-0.15, -0.1) is 0 Å². The molecule has 3 heterocycles. The van der Waals surface area contributed by atoms with E-state index >= 15 is 0 Å². The molecule has 1 fully saturated rings. The number of benzene rings is 1. The van der Waals surface area contributed by atoms with Gasteiger partial charge in [0.1, 0.15) is 11.7 Å². The number of nitrogens with zero attached hydrogens (tertiary/aromatic N) is 2. The third kappa shape index (κ3) is 4.52. The number of amides is 5. The molecular weight excluding hydrogens is 424 g/mol. The molecule has 2 aliphatic heterocycles. The lowest BCUT2D eigenvalue weighted by molar-refractivity contribution is -0.136. The minimum Gasteiger partial charge on any atom is -0.351 e. The second kappa shape index (κ2) is 9.32. The van der Waals surface area contributed by atoms with Crippen molar-refractivity contribution in [2.45, 2.75) is 45.1 Å². The maximum atomic E-state index is 12.9. The summed E-state index contributed by atoms with van der Waals surface area (Å²) in [7, 11) is 0. The molecule has 0 saturated carbocycles. The number of hydrogen-bond donors (Lipinski definition) is 2. The molecule has 1 atom stereocenters. The van der Waals surface area contributed by atoms with E-state index in [1.54, 1.807) is 24.3 Å². The van der Waals surface area contributed by atoms with Gasteiger partial charge in [0, 0.05) is 18.7 Å². The summed E-state index contributed by atoms with van der Waals surface area (Å²) in [4.78, 5) is 66.7. The minimum absolute atomic E-state index is 0.0824. The number of nitrogens with one attached hydrogen (secondary N) is 2. The summed E-state index contributed by atoms with van der Waals surface area (Å²) in [6, 6.07) is 9.40. The zero-order valence-corrected chi connectivity index (χ0v) is 18.2. The fraction of sp³-hybridized carbons (Fsp3) is 0.333. The fourth-order valence-electron chi connectivity index (χ4n) is 4.06. The van der Waals surface area contributed by atoms with Crippen molar-refractivity contribution in [2.75, 3.05) is 6.54 Å². The quantitative estimate of drug-likeness (QED) is 0.487. The van der Waals surface area contributed by atoms with Gasteiger partial charge in [0.25, 0.3) is 17.7 Å². The molecule has 9 nitrogen and oxygen atoms in total. The Hall–Kier alpha value is -3.88. The highest BCUT2D eigenvalue weighted by Crippen LogP contribution is 2.28. The number of imide groups is 2. The Bertz CT molecular complexity index is 1160. The normalized spacial score (nSPS) is 17.7. The highest BCUT2D eigenvalue weighted by molar-refractivity contribution is 6.23. The largest absolute Gasteiger partial charge is 0.351 e. The molecule has 1 saturated heterocycles. The SMILES string of the molecule is CCc1cccc(C(=O)NCCCc2ccc3c(c2)C(=O)N(C2CCC(=O)NC2=O)C3=O)n1. The molecule has 2 aromatic rings. The molecule has 2 N–H and O–H groups in total. The second-order valence-corrected chi connectivity index (χ2v) is 8.05. The van der Waals surface area contributed by atoms with Gasteiger partial charge in [0.2, 0.25) is 11.8 Å². The summed E-state index contributed by atoms with van der Waals surface area (Å²) in [5, 5.41) is 5.03. The van der Waals surface area contributed by atoms with E-state index in [1.807, 2.05) is 19.1 Å². The van der Waals surface area contributed by atoms with E-state index in [0.717, 1.165) is 22.6 Å². The van der Waals surface area contributed by atoms with Crippen LogP contribution in [0.2, 0.25) is 0 Å². The van der Waals surface area contributed by atoms with Gasteiger partial charge in [-0.05, 0) is 55.5 Å². The summed E-state index contributed by atoms with van der Waals surface area (Å²) < 4.78 is 0. The topological polar surface area (TPSA) is 126 Å². The highest BCUT2D eigenvalue weighted by atomic mass is 16.2. The molecule has 0 bridgehead atoms. The Balaban J connectivity index is 1.36. The molecule has 33 heavy (non-hydrogen) atoms. The third-order valence-electron chi connectivity index (χ3n) is 5.83. The van der Waals surface area contributed by atoms with E-state index in [4.69, 9.17) is 0 Å². The predicted molar refractivity (Wildman–Crippen MR) is 117 cm³/mol. The number of fused-ring (bicyclic) bond motifs is 1. The van der Waals surface area contributed by atoms with E-state index in [9.17, 15) is 24.0 Å². The molecule has 0 spiro atoms. The van der Waals surface area contributed by atoms with Gasteiger partial charge < -0.3 is 5.32 Å². The minimum atomic E-state index is -0.978. The van der Waals surface area contributed by atoms with Gasteiger partial charge in [-0.3, -0.25) is 34.2 Å². The van der Waals surface area contributed by atoms with Crippen LogP contribution in [0.15, 0.2) is 36.4 Å². The predicted octanol–water partition coefficient (Wildman–Crippen LogP) is 1.41. The number of piperidine rings is 1. The molecule has 170 valence electrons. The van der Waals surface area contributed by atoms with Crippen LogP contribution in [0.3, 0.4) is 0 Å². The van der Waals surface area contributed by atoms with Crippen LogP contribution in [0.5, 0.6) is 0 Å². The summed E-state index contributed by atoms with van der Waals surface area (Å²) >= 11 is 0. The van der Waals surface area contributed by atoms with Crippen LogP contribution in [-0.2, 0) is 22.4 Å². The Morgan fingerprint density at radius 3 is 2.67 bits per heavy atom. The monoisotopic (exact) mass is 448 g/mol. The Labute approximate surface area is 190 Å². The van der Waals surface area contributed by atoms with E-state index in [1.165, 1.54) is 0 Å². The van der Waals surface area contributed by atoms with Gasteiger partial charge in [0.15, 0.2) is 0 Å². The third-order valence-corrected chi connectivity index (χ3v) is 5.83. The van der Waals surface area contributed by atoms with Crippen molar-refractivity contribution in [1.82, 2.24) is 20.5 Å². The summed E-state index contributed by atoms with van der Waals surface area (Å²) in [6.45, 7) is 2.41. The first-order valence-corrected chi connectivity index (χ1v) is 11.0. The van der Waals surface area contributed by atoms with Crippen LogP contribution >= 0.6 is 0 Å². The number of hydrogen-bond acceptors (Lipinski definition) is 6. The molecule has 2 aliphatic rings. The van der Waals surface area contributed by atoms with Crippen LogP contribution in [0, 0.1) is 0 Å². The average molecular weight is 448 g/mol. The van der Waals surface area contributed by atoms with Crippen molar-refractivity contribution in [3.63, 3.8) is 0 Å².